The van der Waals surface area contributed by atoms with Crippen LogP contribution in [0.1, 0.15) is 15.9 Å². The van der Waals surface area contributed by atoms with Crippen LogP contribution in [0.2, 0.25) is 0 Å². The highest BCUT2D eigenvalue weighted by molar-refractivity contribution is 9.10. The Balaban J connectivity index is 1.81. The van der Waals surface area contributed by atoms with E-state index in [1.54, 1.807) is 36.4 Å². The SMILES string of the molecule is COc1cccc(C(=O)N2C(=O)OCC2Cc2ccccc2)c1-c1c(Br)cccc1N=O. The molecule has 32 heavy (non-hydrogen) atoms. The van der Waals surface area contributed by atoms with Crippen molar-refractivity contribution in [2.75, 3.05) is 13.7 Å². The quantitative estimate of drug-likeness (QED) is 0.408. The third kappa shape index (κ3) is 4.01. The van der Waals surface area contributed by atoms with E-state index in [4.69, 9.17) is 9.47 Å². The average Bonchev–Trinajstić information content (AvgIpc) is 3.18. The smallest absolute Gasteiger partial charge is 0.417 e. The van der Waals surface area contributed by atoms with Crippen molar-refractivity contribution in [2.45, 2.75) is 12.5 Å². The number of benzene rings is 3. The van der Waals surface area contributed by atoms with Gasteiger partial charge in [-0.1, -0.05) is 58.4 Å². The molecule has 0 N–H and O–H groups in total. The molecule has 0 spiro atoms. The molecule has 1 aliphatic heterocycles. The normalized spacial score (nSPS) is 15.4. The van der Waals surface area contributed by atoms with Gasteiger partial charge in [0.05, 0.1) is 18.7 Å². The Labute approximate surface area is 193 Å². The van der Waals surface area contributed by atoms with E-state index < -0.39 is 18.0 Å². The Morgan fingerprint density at radius 3 is 2.56 bits per heavy atom. The largest absolute Gasteiger partial charge is 0.496 e. The van der Waals surface area contributed by atoms with Gasteiger partial charge in [0.15, 0.2) is 0 Å². The van der Waals surface area contributed by atoms with E-state index in [1.807, 2.05) is 30.3 Å². The zero-order chi connectivity index (χ0) is 22.7. The number of halogens is 1. The summed E-state index contributed by atoms with van der Waals surface area (Å²) in [6.07, 6.45) is -0.237. The molecule has 8 heteroatoms. The van der Waals surface area contributed by atoms with Crippen LogP contribution in [-0.4, -0.2) is 36.7 Å². The number of hydrogen-bond donors (Lipinski definition) is 0. The molecule has 1 fully saturated rings. The molecule has 0 saturated carbocycles. The number of imide groups is 1. The predicted molar refractivity (Wildman–Crippen MR) is 123 cm³/mol. The summed E-state index contributed by atoms with van der Waals surface area (Å²) in [7, 11) is 1.47. The second-order valence-electron chi connectivity index (χ2n) is 7.20. The number of cyclic esters (lactones) is 1. The molecule has 1 saturated heterocycles. The molecule has 7 nitrogen and oxygen atoms in total. The van der Waals surface area contributed by atoms with E-state index in [1.165, 1.54) is 7.11 Å². The molecule has 1 heterocycles. The van der Waals surface area contributed by atoms with Gasteiger partial charge >= 0.3 is 6.09 Å². The third-order valence-corrected chi connectivity index (χ3v) is 5.97. The Morgan fingerprint density at radius 1 is 1.09 bits per heavy atom. The van der Waals surface area contributed by atoms with Gasteiger partial charge in [-0.15, -0.1) is 4.91 Å². The average molecular weight is 495 g/mol. The summed E-state index contributed by atoms with van der Waals surface area (Å²) < 4.78 is 11.3. The van der Waals surface area contributed by atoms with E-state index in [0.29, 0.717) is 27.8 Å². The molecule has 0 aromatic heterocycles. The van der Waals surface area contributed by atoms with Gasteiger partial charge in [0.2, 0.25) is 0 Å². The van der Waals surface area contributed by atoms with E-state index in [9.17, 15) is 14.5 Å². The van der Waals surface area contributed by atoms with E-state index in [0.717, 1.165) is 10.5 Å². The van der Waals surface area contributed by atoms with Crippen LogP contribution in [-0.2, 0) is 11.2 Å². The minimum atomic E-state index is -0.703. The number of methoxy groups -OCH3 is 1. The highest BCUT2D eigenvalue weighted by Crippen LogP contribution is 2.44. The van der Waals surface area contributed by atoms with Crippen LogP contribution < -0.4 is 4.74 Å². The number of rotatable bonds is 6. The molecular weight excluding hydrogens is 476 g/mol. The Hall–Kier alpha value is -3.52. The highest BCUT2D eigenvalue weighted by atomic mass is 79.9. The Morgan fingerprint density at radius 2 is 1.84 bits per heavy atom. The molecule has 1 aliphatic rings. The van der Waals surface area contributed by atoms with Gasteiger partial charge in [0.1, 0.15) is 18.0 Å². The van der Waals surface area contributed by atoms with Crippen LogP contribution in [0.4, 0.5) is 10.5 Å². The molecule has 162 valence electrons. The first-order chi connectivity index (χ1) is 15.5. The molecule has 0 aliphatic carbocycles. The van der Waals surface area contributed by atoms with Gasteiger partial charge < -0.3 is 9.47 Å². The summed E-state index contributed by atoms with van der Waals surface area (Å²) in [4.78, 5) is 38.9. The number of ether oxygens (including phenoxy) is 2. The van der Waals surface area contributed by atoms with Crippen molar-refractivity contribution in [3.05, 3.63) is 87.2 Å². The highest BCUT2D eigenvalue weighted by Gasteiger charge is 2.39. The standard InChI is InChI=1S/C24H19BrN2O5/c1-31-20-12-5-9-17(21(20)22-18(25)10-6-11-19(22)26-30)23(28)27-16(14-32-24(27)29)13-15-7-3-2-4-8-15/h2-12,16H,13-14H2,1H3. The molecule has 1 atom stereocenters. The first kappa shape index (κ1) is 21.7. The summed E-state index contributed by atoms with van der Waals surface area (Å²) in [6.45, 7) is 0.106. The van der Waals surface area contributed by atoms with Gasteiger partial charge in [-0.2, -0.15) is 0 Å². The second kappa shape index (κ2) is 9.32. The zero-order valence-electron chi connectivity index (χ0n) is 17.2. The number of nitroso groups, excluding NO2 is 1. The fourth-order valence-electron chi connectivity index (χ4n) is 3.85. The van der Waals surface area contributed by atoms with E-state index in [-0.39, 0.29) is 17.9 Å². The number of nitrogens with zero attached hydrogens (tertiary/aromatic N) is 2. The second-order valence-corrected chi connectivity index (χ2v) is 8.06. The van der Waals surface area contributed by atoms with Crippen molar-refractivity contribution >= 4 is 33.6 Å². The predicted octanol–water partition coefficient (Wildman–Crippen LogP) is 5.73. The number of amides is 2. The lowest BCUT2D eigenvalue weighted by Gasteiger charge is -2.22. The molecule has 0 radical (unpaired) electrons. The van der Waals surface area contributed by atoms with E-state index in [2.05, 4.69) is 21.1 Å². The summed E-state index contributed by atoms with van der Waals surface area (Å²) in [5.74, 6) is -0.158. The minimum absolute atomic E-state index is 0.106. The van der Waals surface area contributed by atoms with Crippen LogP contribution in [0.3, 0.4) is 0 Å². The number of hydrogen-bond acceptors (Lipinski definition) is 6. The van der Waals surface area contributed by atoms with Crippen LogP contribution in [0.5, 0.6) is 5.75 Å². The van der Waals surface area contributed by atoms with Crippen LogP contribution in [0.15, 0.2) is 76.4 Å². The van der Waals surface area contributed by atoms with Crippen LogP contribution in [0.25, 0.3) is 11.1 Å². The Kier molecular flexibility index (Phi) is 6.32. The summed E-state index contributed by atoms with van der Waals surface area (Å²) in [6, 6.07) is 19.0. The molecular formula is C24H19BrN2O5. The van der Waals surface area contributed by atoms with Crippen molar-refractivity contribution in [3.8, 4) is 16.9 Å². The van der Waals surface area contributed by atoms with Crippen LogP contribution >= 0.6 is 15.9 Å². The van der Waals surface area contributed by atoms with Gasteiger partial charge in [-0.25, -0.2) is 9.69 Å². The van der Waals surface area contributed by atoms with Crippen molar-refractivity contribution in [2.24, 2.45) is 5.18 Å². The van der Waals surface area contributed by atoms with Crippen molar-refractivity contribution in [1.29, 1.82) is 0 Å². The molecule has 3 aromatic rings. The Bertz CT molecular complexity index is 1180. The topological polar surface area (TPSA) is 85.3 Å². The van der Waals surface area contributed by atoms with Gasteiger partial charge in [0.25, 0.3) is 5.91 Å². The molecule has 1 unspecified atom stereocenters. The number of carbonyl (C=O) groups excluding carboxylic acids is 2. The third-order valence-electron chi connectivity index (χ3n) is 5.31. The van der Waals surface area contributed by atoms with Crippen molar-refractivity contribution < 1.29 is 19.1 Å². The van der Waals surface area contributed by atoms with Gasteiger partial charge in [-0.05, 0) is 41.4 Å². The lowest BCUT2D eigenvalue weighted by Crippen LogP contribution is -2.40. The van der Waals surface area contributed by atoms with Crippen molar-refractivity contribution in [3.63, 3.8) is 0 Å². The minimum Gasteiger partial charge on any atom is -0.496 e. The summed E-state index contributed by atoms with van der Waals surface area (Å²) >= 11 is 3.45. The van der Waals surface area contributed by atoms with Gasteiger partial charge in [0, 0.05) is 15.6 Å². The van der Waals surface area contributed by atoms with E-state index >= 15 is 0 Å². The summed E-state index contributed by atoms with van der Waals surface area (Å²) in [5.41, 5.74) is 2.12. The number of carbonyl (C=O) groups is 2. The first-order valence-electron chi connectivity index (χ1n) is 9.88. The van der Waals surface area contributed by atoms with Crippen molar-refractivity contribution in [1.82, 2.24) is 4.90 Å². The first-order valence-corrected chi connectivity index (χ1v) is 10.7. The van der Waals surface area contributed by atoms with Gasteiger partial charge in [-0.3, -0.25) is 4.79 Å². The maximum atomic E-state index is 13.7. The maximum absolute atomic E-state index is 13.7. The fraction of sp³-hybridized carbons (Fsp3) is 0.167. The molecule has 3 aromatic carbocycles. The lowest BCUT2D eigenvalue weighted by molar-refractivity contribution is 0.0775. The molecule has 4 rings (SSSR count). The molecule has 0 bridgehead atoms. The maximum Gasteiger partial charge on any atom is 0.417 e. The van der Waals surface area contributed by atoms with Crippen LogP contribution in [0, 0.1) is 4.91 Å². The monoisotopic (exact) mass is 494 g/mol. The lowest BCUT2D eigenvalue weighted by atomic mass is 9.95. The molecule has 2 amide bonds. The summed E-state index contributed by atoms with van der Waals surface area (Å²) in [5, 5.41) is 3.11. The zero-order valence-corrected chi connectivity index (χ0v) is 18.7. The fourth-order valence-corrected chi connectivity index (χ4v) is 4.40.